The Hall–Kier alpha value is -3.03. The summed E-state index contributed by atoms with van der Waals surface area (Å²) in [5, 5.41) is 20.6. The number of rotatable bonds is 6. The number of anilines is 1. The number of hydrogen-bond donors (Lipinski definition) is 2. The fourth-order valence-corrected chi connectivity index (χ4v) is 4.82. The predicted molar refractivity (Wildman–Crippen MR) is 125 cm³/mol. The summed E-state index contributed by atoms with van der Waals surface area (Å²) in [5.41, 5.74) is 4.81. The largest absolute Gasteiger partial charge is 0.480 e. The van der Waals surface area contributed by atoms with E-state index in [1.54, 1.807) is 29.0 Å². The summed E-state index contributed by atoms with van der Waals surface area (Å²) in [7, 11) is 0. The number of aromatic nitrogens is 1. The molecular weight excluding hydrogens is 430 g/mol. The van der Waals surface area contributed by atoms with E-state index in [1.165, 1.54) is 16.8 Å². The summed E-state index contributed by atoms with van der Waals surface area (Å²) in [5.74, 6) is -1.95. The van der Waals surface area contributed by atoms with Crippen LogP contribution in [-0.2, 0) is 16.1 Å². The number of aryl methyl sites for hydroxylation is 2. The van der Waals surface area contributed by atoms with Gasteiger partial charge in [-0.1, -0.05) is 35.4 Å². The molecule has 0 bridgehead atoms. The number of aliphatic carboxylic acids is 2. The predicted octanol–water partition coefficient (Wildman–Crippen LogP) is 3.94. The molecule has 1 aliphatic heterocycles. The van der Waals surface area contributed by atoms with Gasteiger partial charge in [-0.05, 0) is 37.6 Å². The zero-order chi connectivity index (χ0) is 23.0. The number of benzene rings is 2. The van der Waals surface area contributed by atoms with Gasteiger partial charge in [-0.15, -0.1) is 0 Å². The Kier molecular flexibility index (Phi) is 6.13. The van der Waals surface area contributed by atoms with E-state index in [4.69, 9.17) is 11.6 Å². The molecule has 2 N–H and O–H groups in total. The molecule has 1 saturated heterocycles. The molecular formula is C24H26ClN3O4. The van der Waals surface area contributed by atoms with Gasteiger partial charge >= 0.3 is 11.9 Å². The fraction of sp³-hybridized carbons (Fsp3) is 0.333. The average molecular weight is 456 g/mol. The number of carboxylic acid groups (broad SMARTS) is 2. The third kappa shape index (κ3) is 4.31. The van der Waals surface area contributed by atoms with Crippen molar-refractivity contribution >= 4 is 40.1 Å². The van der Waals surface area contributed by atoms with Crippen LogP contribution in [0.1, 0.15) is 22.7 Å². The molecule has 8 heteroatoms. The first-order valence-corrected chi connectivity index (χ1v) is 10.9. The minimum Gasteiger partial charge on any atom is -0.480 e. The molecule has 168 valence electrons. The Morgan fingerprint density at radius 2 is 1.75 bits per heavy atom. The molecule has 2 aromatic carbocycles. The number of hydrogen-bond acceptors (Lipinski definition) is 4. The summed E-state index contributed by atoms with van der Waals surface area (Å²) in [6.45, 7) is 6.51. The van der Waals surface area contributed by atoms with E-state index in [1.807, 2.05) is 4.90 Å². The molecule has 1 atom stereocenters. The van der Waals surface area contributed by atoms with Crippen LogP contribution in [0, 0.1) is 13.8 Å². The fourth-order valence-electron chi connectivity index (χ4n) is 4.66. The van der Waals surface area contributed by atoms with Crippen LogP contribution in [0.2, 0.25) is 5.02 Å². The average Bonchev–Trinajstić information content (AvgIpc) is 3.05. The van der Waals surface area contributed by atoms with Gasteiger partial charge in [0.15, 0.2) is 0 Å². The molecule has 2 heterocycles. The van der Waals surface area contributed by atoms with E-state index in [0.717, 1.165) is 0 Å². The van der Waals surface area contributed by atoms with Crippen LogP contribution >= 0.6 is 11.6 Å². The third-order valence-corrected chi connectivity index (χ3v) is 6.32. The third-order valence-electron chi connectivity index (χ3n) is 6.08. The number of halogens is 1. The molecule has 4 rings (SSSR count). The van der Waals surface area contributed by atoms with Crippen LogP contribution in [0.15, 0.2) is 42.6 Å². The summed E-state index contributed by atoms with van der Waals surface area (Å²) in [6.07, 6.45) is 1.64. The number of nitrogens with zero attached hydrogens (tertiary/aromatic N) is 3. The molecule has 32 heavy (non-hydrogen) atoms. The summed E-state index contributed by atoms with van der Waals surface area (Å²) in [6, 6.07) is 10.7. The van der Waals surface area contributed by atoms with E-state index in [0.29, 0.717) is 47.7 Å². The van der Waals surface area contributed by atoms with Crippen LogP contribution in [0.5, 0.6) is 0 Å². The molecule has 1 fully saturated rings. The van der Waals surface area contributed by atoms with Crippen LogP contribution in [-0.4, -0.2) is 57.8 Å². The quantitative estimate of drug-likeness (QED) is 0.585. The number of carbonyl (C=O) groups is 2. The molecule has 0 aliphatic carbocycles. The number of carboxylic acids is 2. The van der Waals surface area contributed by atoms with Gasteiger partial charge in [0, 0.05) is 54.0 Å². The van der Waals surface area contributed by atoms with Crippen LogP contribution in [0.4, 0.5) is 5.69 Å². The smallest absolute Gasteiger partial charge is 0.325 e. The standard InChI is InChI=1S/C24H26ClN3O4/c1-15-3-6-20(16(2)11-15)26-7-9-27(10-8-26)23(24(31)32)19-13-28(14-22(29)30)21-12-17(25)4-5-18(19)21/h3-6,11-13,23H,7-10,14H2,1-2H3,(H,29,30)(H,31,32)/t23-/m1/s1. The van der Waals surface area contributed by atoms with Crippen LogP contribution in [0.25, 0.3) is 10.9 Å². The maximum atomic E-state index is 12.4. The second-order valence-corrected chi connectivity index (χ2v) is 8.76. The molecule has 0 amide bonds. The van der Waals surface area contributed by atoms with Crippen molar-refractivity contribution in [2.75, 3.05) is 31.1 Å². The van der Waals surface area contributed by atoms with Crippen molar-refractivity contribution in [3.05, 3.63) is 64.3 Å². The summed E-state index contributed by atoms with van der Waals surface area (Å²) >= 11 is 6.13. The molecule has 7 nitrogen and oxygen atoms in total. The second-order valence-electron chi connectivity index (χ2n) is 8.32. The van der Waals surface area contributed by atoms with Gasteiger partial charge in [-0.25, -0.2) is 0 Å². The zero-order valence-electron chi connectivity index (χ0n) is 18.1. The molecule has 1 aromatic heterocycles. The normalized spacial score (nSPS) is 15.8. The highest BCUT2D eigenvalue weighted by atomic mass is 35.5. The van der Waals surface area contributed by atoms with Crippen molar-refractivity contribution in [2.45, 2.75) is 26.4 Å². The van der Waals surface area contributed by atoms with Crippen molar-refractivity contribution in [1.29, 1.82) is 0 Å². The summed E-state index contributed by atoms with van der Waals surface area (Å²) < 4.78 is 1.56. The highest BCUT2D eigenvalue weighted by Crippen LogP contribution is 2.33. The maximum Gasteiger partial charge on any atom is 0.325 e. The van der Waals surface area contributed by atoms with E-state index in [2.05, 4.69) is 36.9 Å². The van der Waals surface area contributed by atoms with Gasteiger partial charge < -0.3 is 19.7 Å². The van der Waals surface area contributed by atoms with Gasteiger partial charge in [0.2, 0.25) is 0 Å². The first-order valence-electron chi connectivity index (χ1n) is 10.5. The highest BCUT2D eigenvalue weighted by Gasteiger charge is 2.33. The van der Waals surface area contributed by atoms with Crippen molar-refractivity contribution in [2.24, 2.45) is 0 Å². The first kappa shape index (κ1) is 22.2. The Morgan fingerprint density at radius 1 is 1.03 bits per heavy atom. The van der Waals surface area contributed by atoms with Gasteiger partial charge in [0.05, 0.1) is 5.52 Å². The molecule has 1 aliphatic rings. The Morgan fingerprint density at radius 3 is 2.38 bits per heavy atom. The van der Waals surface area contributed by atoms with Gasteiger partial charge in [0.1, 0.15) is 12.6 Å². The second kappa shape index (κ2) is 8.84. The lowest BCUT2D eigenvalue weighted by Crippen LogP contribution is -2.49. The minimum absolute atomic E-state index is 0.260. The summed E-state index contributed by atoms with van der Waals surface area (Å²) in [4.78, 5) is 28.0. The lowest BCUT2D eigenvalue weighted by Gasteiger charge is -2.39. The van der Waals surface area contributed by atoms with Crippen LogP contribution < -0.4 is 4.90 Å². The maximum absolute atomic E-state index is 12.4. The highest BCUT2D eigenvalue weighted by molar-refractivity contribution is 6.31. The van der Waals surface area contributed by atoms with Crippen molar-refractivity contribution in [3.8, 4) is 0 Å². The van der Waals surface area contributed by atoms with Crippen LogP contribution in [0.3, 0.4) is 0 Å². The molecule has 0 spiro atoms. The lowest BCUT2D eigenvalue weighted by atomic mass is 10.0. The SMILES string of the molecule is Cc1ccc(N2CCN([C@@H](C(=O)O)c3cn(CC(=O)O)c4cc(Cl)ccc34)CC2)c(C)c1. The van der Waals surface area contributed by atoms with Gasteiger partial charge in [-0.2, -0.15) is 0 Å². The van der Waals surface area contributed by atoms with Crippen molar-refractivity contribution in [1.82, 2.24) is 9.47 Å². The van der Waals surface area contributed by atoms with E-state index in [-0.39, 0.29) is 6.54 Å². The van der Waals surface area contributed by atoms with Gasteiger partial charge in [0.25, 0.3) is 0 Å². The monoisotopic (exact) mass is 455 g/mol. The van der Waals surface area contributed by atoms with Crippen molar-refractivity contribution < 1.29 is 19.8 Å². The first-order chi connectivity index (χ1) is 15.2. The Labute approximate surface area is 191 Å². The topological polar surface area (TPSA) is 86.0 Å². The van der Waals surface area contributed by atoms with E-state index >= 15 is 0 Å². The number of fused-ring (bicyclic) bond motifs is 1. The molecule has 3 aromatic rings. The number of piperazine rings is 1. The minimum atomic E-state index is -0.998. The Balaban J connectivity index is 1.63. The van der Waals surface area contributed by atoms with E-state index in [9.17, 15) is 19.8 Å². The molecule has 0 saturated carbocycles. The molecule has 0 radical (unpaired) electrons. The Bertz CT molecular complexity index is 1180. The van der Waals surface area contributed by atoms with E-state index < -0.39 is 18.0 Å². The van der Waals surface area contributed by atoms with Crippen molar-refractivity contribution in [3.63, 3.8) is 0 Å². The zero-order valence-corrected chi connectivity index (χ0v) is 18.8. The van der Waals surface area contributed by atoms with Gasteiger partial charge in [-0.3, -0.25) is 14.5 Å². The lowest BCUT2D eigenvalue weighted by molar-refractivity contribution is -0.143. The molecule has 0 unspecified atom stereocenters.